The molecule has 1 aliphatic rings. The summed E-state index contributed by atoms with van der Waals surface area (Å²) in [6, 6.07) is 16.5. The van der Waals surface area contributed by atoms with Gasteiger partial charge in [-0.1, -0.05) is 42.5 Å². The first-order valence-electron chi connectivity index (χ1n) is 10.7. The second-order valence-electron chi connectivity index (χ2n) is 8.76. The number of nitrogens with one attached hydrogen (secondary N) is 1. The summed E-state index contributed by atoms with van der Waals surface area (Å²) in [5.74, 6) is -0.259. The van der Waals surface area contributed by atoms with Gasteiger partial charge in [0.15, 0.2) is 0 Å². The summed E-state index contributed by atoms with van der Waals surface area (Å²) in [5, 5.41) is 3.20. The van der Waals surface area contributed by atoms with Gasteiger partial charge in [-0.15, -0.1) is 11.3 Å². The minimum atomic E-state index is -0.289. The van der Waals surface area contributed by atoms with Gasteiger partial charge in [0.1, 0.15) is 5.82 Å². The van der Waals surface area contributed by atoms with E-state index in [0.29, 0.717) is 6.61 Å². The van der Waals surface area contributed by atoms with Crippen LogP contribution in [0, 0.1) is 5.82 Å². The maximum Gasteiger partial charge on any atom is 0.253 e. The molecular weight excluding hydrogens is 409 g/mol. The van der Waals surface area contributed by atoms with Gasteiger partial charge < -0.3 is 10.1 Å². The molecule has 0 unspecified atom stereocenters. The maximum absolute atomic E-state index is 13.5. The van der Waals surface area contributed by atoms with Crippen molar-refractivity contribution in [3.8, 4) is 0 Å². The minimum absolute atomic E-state index is 0.0272. The third-order valence-corrected chi connectivity index (χ3v) is 7.05. The van der Waals surface area contributed by atoms with E-state index in [1.54, 1.807) is 11.3 Å². The van der Waals surface area contributed by atoms with Gasteiger partial charge in [-0.2, -0.15) is 0 Å². The standard InChI is InChI=1S/C26H28FNO2S/c1-17(19-7-5-4-6-8-19)28-25(29)24-21-15-26(2,3)30-16-23(21)31-22(24)14-11-18-9-12-20(27)13-10-18/h4-10,12-13,17H,11,14-16H2,1-3H3,(H,28,29)/t17-/m0/s1. The van der Waals surface area contributed by atoms with Crippen LogP contribution in [0.1, 0.15) is 63.6 Å². The molecule has 31 heavy (non-hydrogen) atoms. The topological polar surface area (TPSA) is 38.3 Å². The number of halogens is 1. The van der Waals surface area contributed by atoms with Gasteiger partial charge in [-0.25, -0.2) is 4.39 Å². The average Bonchev–Trinajstić information content (AvgIpc) is 3.10. The number of aryl methyl sites for hydroxylation is 2. The van der Waals surface area contributed by atoms with Crippen molar-refractivity contribution in [2.45, 2.75) is 58.3 Å². The number of rotatable bonds is 6. The molecule has 1 atom stereocenters. The summed E-state index contributed by atoms with van der Waals surface area (Å²) < 4.78 is 19.2. The van der Waals surface area contributed by atoms with Gasteiger partial charge in [-0.05, 0) is 62.4 Å². The largest absolute Gasteiger partial charge is 0.370 e. The van der Waals surface area contributed by atoms with Crippen molar-refractivity contribution in [2.24, 2.45) is 0 Å². The molecule has 1 aromatic heterocycles. The van der Waals surface area contributed by atoms with Gasteiger partial charge in [0, 0.05) is 16.2 Å². The SMILES string of the molecule is C[C@H](NC(=O)c1c(CCc2ccc(F)cc2)sc2c1CC(C)(C)OC2)c1ccccc1. The van der Waals surface area contributed by atoms with Crippen LogP contribution in [0.2, 0.25) is 0 Å². The summed E-state index contributed by atoms with van der Waals surface area (Å²) in [4.78, 5) is 15.7. The Bertz CT molecular complexity index is 1060. The van der Waals surface area contributed by atoms with Crippen molar-refractivity contribution in [1.82, 2.24) is 5.32 Å². The number of fused-ring (bicyclic) bond motifs is 1. The number of carbonyl (C=O) groups is 1. The van der Waals surface area contributed by atoms with Crippen LogP contribution in [-0.4, -0.2) is 11.5 Å². The van der Waals surface area contributed by atoms with Crippen molar-refractivity contribution >= 4 is 17.2 Å². The lowest BCUT2D eigenvalue weighted by molar-refractivity contribution is -0.0383. The Hall–Kier alpha value is -2.50. The second kappa shape index (κ2) is 8.93. The molecule has 162 valence electrons. The van der Waals surface area contributed by atoms with E-state index in [9.17, 15) is 9.18 Å². The molecule has 3 aromatic rings. The van der Waals surface area contributed by atoms with Gasteiger partial charge in [0.05, 0.1) is 23.8 Å². The Morgan fingerprint density at radius 3 is 2.55 bits per heavy atom. The maximum atomic E-state index is 13.5. The predicted molar refractivity (Wildman–Crippen MR) is 123 cm³/mol. The van der Waals surface area contributed by atoms with Crippen LogP contribution in [0.25, 0.3) is 0 Å². The second-order valence-corrected chi connectivity index (χ2v) is 9.95. The first-order chi connectivity index (χ1) is 14.8. The molecule has 1 aliphatic heterocycles. The fourth-order valence-electron chi connectivity index (χ4n) is 4.05. The highest BCUT2D eigenvalue weighted by molar-refractivity contribution is 7.12. The van der Waals surface area contributed by atoms with Crippen molar-refractivity contribution < 1.29 is 13.9 Å². The smallest absolute Gasteiger partial charge is 0.253 e. The Kier molecular flexibility index (Phi) is 6.26. The predicted octanol–water partition coefficient (Wildman–Crippen LogP) is 6.01. The molecule has 4 rings (SSSR count). The van der Waals surface area contributed by atoms with E-state index in [2.05, 4.69) is 19.2 Å². The zero-order valence-corrected chi connectivity index (χ0v) is 19.0. The minimum Gasteiger partial charge on any atom is -0.370 e. The van der Waals surface area contributed by atoms with Crippen LogP contribution in [0.5, 0.6) is 0 Å². The van der Waals surface area contributed by atoms with E-state index in [0.717, 1.165) is 51.3 Å². The van der Waals surface area contributed by atoms with E-state index >= 15 is 0 Å². The van der Waals surface area contributed by atoms with Crippen LogP contribution in [-0.2, 0) is 30.6 Å². The van der Waals surface area contributed by atoms with Crippen LogP contribution in [0.3, 0.4) is 0 Å². The van der Waals surface area contributed by atoms with Crippen molar-refractivity contribution in [1.29, 1.82) is 0 Å². The van der Waals surface area contributed by atoms with Crippen molar-refractivity contribution in [3.05, 3.63) is 92.4 Å². The van der Waals surface area contributed by atoms with Gasteiger partial charge in [0.2, 0.25) is 0 Å². The molecule has 3 nitrogen and oxygen atoms in total. The monoisotopic (exact) mass is 437 g/mol. The molecule has 2 aromatic carbocycles. The molecule has 0 bridgehead atoms. The highest BCUT2D eigenvalue weighted by atomic mass is 32.1. The highest BCUT2D eigenvalue weighted by Crippen LogP contribution is 2.38. The van der Waals surface area contributed by atoms with Gasteiger partial charge >= 0.3 is 0 Å². The number of thiophene rings is 1. The quantitative estimate of drug-likeness (QED) is 0.512. The molecule has 0 radical (unpaired) electrons. The molecule has 0 spiro atoms. The van der Waals surface area contributed by atoms with E-state index < -0.39 is 0 Å². The van der Waals surface area contributed by atoms with E-state index in [1.807, 2.05) is 49.4 Å². The lowest BCUT2D eigenvalue weighted by atomic mass is 9.91. The zero-order valence-electron chi connectivity index (χ0n) is 18.2. The summed E-state index contributed by atoms with van der Waals surface area (Å²) in [7, 11) is 0. The number of hydrogen-bond donors (Lipinski definition) is 1. The third kappa shape index (κ3) is 5.05. The average molecular weight is 438 g/mol. The molecule has 0 fully saturated rings. The number of hydrogen-bond acceptors (Lipinski definition) is 3. The number of benzene rings is 2. The molecule has 5 heteroatoms. The first-order valence-corrected chi connectivity index (χ1v) is 11.5. The van der Waals surface area contributed by atoms with Crippen LogP contribution >= 0.6 is 11.3 Å². The van der Waals surface area contributed by atoms with E-state index in [4.69, 9.17) is 4.74 Å². The molecular formula is C26H28FNO2S. The lowest BCUT2D eigenvalue weighted by Gasteiger charge is -2.30. The summed E-state index contributed by atoms with van der Waals surface area (Å²) in [5.41, 5.74) is 3.78. The molecule has 0 saturated heterocycles. The molecule has 1 amide bonds. The summed E-state index contributed by atoms with van der Waals surface area (Å²) in [6.07, 6.45) is 2.22. The number of ether oxygens (including phenoxy) is 1. The van der Waals surface area contributed by atoms with Crippen LogP contribution < -0.4 is 5.32 Å². The number of amides is 1. The van der Waals surface area contributed by atoms with E-state index in [1.165, 1.54) is 12.1 Å². The Morgan fingerprint density at radius 1 is 1.13 bits per heavy atom. The molecule has 0 saturated carbocycles. The number of carbonyl (C=O) groups excluding carboxylic acids is 1. The molecule has 0 aliphatic carbocycles. The van der Waals surface area contributed by atoms with Crippen molar-refractivity contribution in [2.75, 3.05) is 0 Å². The highest BCUT2D eigenvalue weighted by Gasteiger charge is 2.33. The third-order valence-electron chi connectivity index (χ3n) is 5.79. The summed E-state index contributed by atoms with van der Waals surface area (Å²) >= 11 is 1.68. The normalized spacial score (nSPS) is 15.9. The lowest BCUT2D eigenvalue weighted by Crippen LogP contribution is -2.34. The fraction of sp³-hybridized carbons (Fsp3) is 0.346. The Morgan fingerprint density at radius 2 is 1.84 bits per heavy atom. The first kappa shape index (κ1) is 21.7. The Labute approximate surface area is 187 Å². The zero-order chi connectivity index (χ0) is 22.0. The van der Waals surface area contributed by atoms with E-state index in [-0.39, 0.29) is 23.4 Å². The fourth-order valence-corrected chi connectivity index (χ4v) is 5.29. The van der Waals surface area contributed by atoms with Gasteiger partial charge in [-0.3, -0.25) is 4.79 Å². The van der Waals surface area contributed by atoms with Crippen molar-refractivity contribution in [3.63, 3.8) is 0 Å². The summed E-state index contributed by atoms with van der Waals surface area (Å²) in [6.45, 7) is 6.69. The van der Waals surface area contributed by atoms with Gasteiger partial charge in [0.25, 0.3) is 5.91 Å². The molecule has 2 heterocycles. The van der Waals surface area contributed by atoms with Crippen LogP contribution in [0.4, 0.5) is 4.39 Å². The molecule has 1 N–H and O–H groups in total. The van der Waals surface area contributed by atoms with Crippen LogP contribution in [0.15, 0.2) is 54.6 Å². The Balaban J connectivity index is 1.61.